The largest absolute Gasteiger partial charge is 0.366 e. The van der Waals surface area contributed by atoms with Crippen LogP contribution in [-0.4, -0.2) is 35.5 Å². The van der Waals surface area contributed by atoms with E-state index in [4.69, 9.17) is 14.2 Å². The number of ether oxygens (including phenoxy) is 3. The Balaban J connectivity index is 2.12. The smallest absolute Gasteiger partial charge is 0.184 e. The van der Waals surface area contributed by atoms with Crippen LogP contribution in [0.2, 0.25) is 0 Å². The molecule has 0 amide bonds. The third-order valence-electron chi connectivity index (χ3n) is 2.53. The van der Waals surface area contributed by atoms with Gasteiger partial charge in [0.05, 0.1) is 6.10 Å². The maximum Gasteiger partial charge on any atom is 0.184 e. The van der Waals surface area contributed by atoms with Crippen LogP contribution in [0.5, 0.6) is 0 Å². The topological polar surface area (TPSA) is 47.9 Å². The first-order valence-corrected chi connectivity index (χ1v) is 4.72. The molecule has 2 aliphatic heterocycles. The number of rotatable bonds is 1. The van der Waals surface area contributed by atoms with Crippen molar-refractivity contribution in [3.63, 3.8) is 0 Å². The number of hydrogen-bond donors (Lipinski definition) is 1. The molecule has 1 N–H and O–H groups in total. The van der Waals surface area contributed by atoms with E-state index < -0.39 is 12.1 Å². The molecule has 0 saturated carbocycles. The summed E-state index contributed by atoms with van der Waals surface area (Å²) in [6.07, 6.45) is -0.481. The first-order valence-electron chi connectivity index (χ1n) is 4.72. The lowest BCUT2D eigenvalue weighted by molar-refractivity contribution is -0.220. The average molecular weight is 188 g/mol. The van der Waals surface area contributed by atoms with E-state index in [0.717, 1.165) is 6.42 Å². The molecule has 0 aromatic carbocycles. The monoisotopic (exact) mass is 188 g/mol. The van der Waals surface area contributed by atoms with Gasteiger partial charge in [-0.1, -0.05) is 6.92 Å². The van der Waals surface area contributed by atoms with E-state index in [1.165, 1.54) is 0 Å². The second-order valence-electron chi connectivity index (χ2n) is 4.04. The average Bonchev–Trinajstić information content (AvgIpc) is 2.47. The van der Waals surface area contributed by atoms with Crippen LogP contribution < -0.4 is 0 Å². The van der Waals surface area contributed by atoms with E-state index in [2.05, 4.69) is 0 Å². The molecule has 0 bridgehead atoms. The minimum atomic E-state index is -0.836. The van der Waals surface area contributed by atoms with E-state index in [1.54, 1.807) is 0 Å². The quantitative estimate of drug-likeness (QED) is 0.655. The molecule has 0 radical (unpaired) electrons. The molecular weight excluding hydrogens is 172 g/mol. The molecule has 0 aromatic rings. The van der Waals surface area contributed by atoms with Crippen LogP contribution in [0.1, 0.15) is 27.2 Å². The summed E-state index contributed by atoms with van der Waals surface area (Å²) in [6, 6.07) is 0. The van der Waals surface area contributed by atoms with Crippen LogP contribution in [0.4, 0.5) is 0 Å². The van der Waals surface area contributed by atoms with Gasteiger partial charge in [-0.05, 0) is 20.3 Å². The molecule has 4 nitrogen and oxygen atoms in total. The van der Waals surface area contributed by atoms with Gasteiger partial charge in [-0.3, -0.25) is 0 Å². The summed E-state index contributed by atoms with van der Waals surface area (Å²) in [5, 5.41) is 9.51. The molecule has 0 aromatic heterocycles. The van der Waals surface area contributed by atoms with E-state index >= 15 is 0 Å². The van der Waals surface area contributed by atoms with Gasteiger partial charge in [0, 0.05) is 0 Å². The van der Waals surface area contributed by atoms with Crippen molar-refractivity contribution in [3.8, 4) is 0 Å². The van der Waals surface area contributed by atoms with Crippen molar-refractivity contribution in [2.45, 2.75) is 57.6 Å². The van der Waals surface area contributed by atoms with Gasteiger partial charge in [0.2, 0.25) is 0 Å². The molecule has 2 fully saturated rings. The summed E-state index contributed by atoms with van der Waals surface area (Å²) < 4.78 is 16.4. The van der Waals surface area contributed by atoms with Crippen molar-refractivity contribution < 1.29 is 19.3 Å². The van der Waals surface area contributed by atoms with Crippen molar-refractivity contribution in [1.82, 2.24) is 0 Å². The van der Waals surface area contributed by atoms with Crippen LogP contribution in [0.15, 0.2) is 0 Å². The highest BCUT2D eigenvalue weighted by Crippen LogP contribution is 2.38. The Kier molecular flexibility index (Phi) is 2.11. The standard InChI is InChI=1S/C9H16O4/c1-4-5-6-7(8(10)11-5)13-9(2,3)12-6/h5-8,10H,4H2,1-3H3/t5-,6-,7-,8-/m1/s1. The molecule has 0 spiro atoms. The first kappa shape index (κ1) is 9.40. The van der Waals surface area contributed by atoms with Crippen molar-refractivity contribution >= 4 is 0 Å². The predicted molar refractivity (Wildman–Crippen MR) is 45.0 cm³/mol. The van der Waals surface area contributed by atoms with Crippen molar-refractivity contribution in [1.29, 1.82) is 0 Å². The normalized spacial score (nSPS) is 48.0. The lowest BCUT2D eigenvalue weighted by Crippen LogP contribution is -2.29. The molecule has 76 valence electrons. The Hall–Kier alpha value is -0.160. The third kappa shape index (κ3) is 1.48. The summed E-state index contributed by atoms with van der Waals surface area (Å²) in [4.78, 5) is 0. The molecule has 13 heavy (non-hydrogen) atoms. The Labute approximate surface area is 77.8 Å². The van der Waals surface area contributed by atoms with Crippen molar-refractivity contribution in [3.05, 3.63) is 0 Å². The van der Waals surface area contributed by atoms with Gasteiger partial charge in [-0.25, -0.2) is 0 Å². The van der Waals surface area contributed by atoms with Crippen LogP contribution >= 0.6 is 0 Å². The van der Waals surface area contributed by atoms with E-state index in [9.17, 15) is 5.11 Å². The summed E-state index contributed by atoms with van der Waals surface area (Å²) in [5.74, 6) is -0.590. The molecule has 2 aliphatic rings. The fourth-order valence-electron chi connectivity index (χ4n) is 1.99. The number of aliphatic hydroxyl groups is 1. The van der Waals surface area contributed by atoms with Crippen LogP contribution in [-0.2, 0) is 14.2 Å². The van der Waals surface area contributed by atoms with Crippen LogP contribution in [0, 0.1) is 0 Å². The van der Waals surface area contributed by atoms with Gasteiger partial charge in [-0.2, -0.15) is 0 Å². The molecule has 4 atom stereocenters. The predicted octanol–water partition coefficient (Wildman–Crippen LogP) is 0.634. The molecule has 2 saturated heterocycles. The summed E-state index contributed by atoms with van der Waals surface area (Å²) >= 11 is 0. The fraction of sp³-hybridized carbons (Fsp3) is 1.00. The van der Waals surface area contributed by atoms with Crippen molar-refractivity contribution in [2.75, 3.05) is 0 Å². The Bertz CT molecular complexity index is 204. The van der Waals surface area contributed by atoms with Crippen LogP contribution in [0.3, 0.4) is 0 Å². The Morgan fingerprint density at radius 3 is 2.46 bits per heavy atom. The van der Waals surface area contributed by atoms with E-state index in [0.29, 0.717) is 0 Å². The second-order valence-corrected chi connectivity index (χ2v) is 4.04. The highest BCUT2D eigenvalue weighted by molar-refractivity contribution is 4.93. The lowest BCUT2D eigenvalue weighted by atomic mass is 10.1. The zero-order valence-corrected chi connectivity index (χ0v) is 8.19. The Morgan fingerprint density at radius 1 is 1.23 bits per heavy atom. The molecule has 4 heteroatoms. The van der Waals surface area contributed by atoms with Gasteiger partial charge in [0.15, 0.2) is 12.1 Å². The zero-order valence-electron chi connectivity index (χ0n) is 8.19. The van der Waals surface area contributed by atoms with Crippen molar-refractivity contribution in [2.24, 2.45) is 0 Å². The molecule has 2 rings (SSSR count). The minimum Gasteiger partial charge on any atom is -0.366 e. The molecule has 2 heterocycles. The second kappa shape index (κ2) is 2.92. The van der Waals surface area contributed by atoms with Gasteiger partial charge < -0.3 is 19.3 Å². The maximum atomic E-state index is 9.51. The Morgan fingerprint density at radius 2 is 1.85 bits per heavy atom. The lowest BCUT2D eigenvalue weighted by Gasteiger charge is -2.21. The van der Waals surface area contributed by atoms with E-state index in [-0.39, 0.29) is 18.3 Å². The SMILES string of the molecule is CC[C@H]1O[C@@H](O)[C@@H]2OC(C)(C)O[C@@H]21. The fourth-order valence-corrected chi connectivity index (χ4v) is 1.99. The molecule has 0 unspecified atom stereocenters. The van der Waals surface area contributed by atoms with Crippen LogP contribution in [0.25, 0.3) is 0 Å². The maximum absolute atomic E-state index is 9.51. The molecule has 0 aliphatic carbocycles. The van der Waals surface area contributed by atoms with Gasteiger partial charge >= 0.3 is 0 Å². The highest BCUT2D eigenvalue weighted by Gasteiger charge is 2.54. The molecular formula is C9H16O4. The summed E-state index contributed by atoms with van der Waals surface area (Å²) in [5.41, 5.74) is 0. The van der Waals surface area contributed by atoms with Gasteiger partial charge in [-0.15, -0.1) is 0 Å². The zero-order chi connectivity index (χ0) is 9.64. The first-order chi connectivity index (χ1) is 6.03. The third-order valence-corrected chi connectivity index (χ3v) is 2.53. The van der Waals surface area contributed by atoms with Gasteiger partial charge in [0.25, 0.3) is 0 Å². The minimum absolute atomic E-state index is 0.0400. The van der Waals surface area contributed by atoms with E-state index in [1.807, 2.05) is 20.8 Å². The van der Waals surface area contributed by atoms with Gasteiger partial charge in [0.1, 0.15) is 12.2 Å². The number of fused-ring (bicyclic) bond motifs is 1. The summed E-state index contributed by atoms with van der Waals surface area (Å²) in [7, 11) is 0. The summed E-state index contributed by atoms with van der Waals surface area (Å²) in [6.45, 7) is 5.71. The number of aliphatic hydroxyl groups excluding tert-OH is 1. The highest BCUT2D eigenvalue weighted by atomic mass is 16.8. The number of hydrogen-bond acceptors (Lipinski definition) is 4.